The second-order valence-electron chi connectivity index (χ2n) is 6.02. The Morgan fingerprint density at radius 1 is 1.43 bits per heavy atom. The molecule has 154 valence electrons. The lowest BCUT2D eigenvalue weighted by molar-refractivity contribution is 0.119. The molecule has 2 aromatic rings. The minimum Gasteiger partial charge on any atom is -0.489 e. The third-order valence-electron chi connectivity index (χ3n) is 4.01. The number of thiazole rings is 1. The van der Waals surface area contributed by atoms with Crippen LogP contribution >= 0.6 is 35.3 Å². The van der Waals surface area contributed by atoms with Crippen LogP contribution in [0.4, 0.5) is 0 Å². The number of rotatable bonds is 9. The lowest BCUT2D eigenvalue weighted by Gasteiger charge is -2.22. The molecule has 0 aliphatic heterocycles. The minimum absolute atomic E-state index is 0. The van der Waals surface area contributed by atoms with Gasteiger partial charge in [-0.3, -0.25) is 4.99 Å². The number of guanidine groups is 1. The minimum atomic E-state index is 0. The van der Waals surface area contributed by atoms with Crippen molar-refractivity contribution in [1.82, 2.24) is 15.2 Å². The second kappa shape index (κ2) is 12.7. The standard InChI is InChI=1S/C20H28N4O2S.HI/c1-6-11-26-18-10-8-7-9-16(18)12-22-20(21-3)24(4)13-17-14-27-19(23-17)15(2)25-5;/h6-10,14-15H,1,11-13H2,2-5H3,(H,21,22);1H. The van der Waals surface area contributed by atoms with Crippen LogP contribution in [0.25, 0.3) is 0 Å². The monoisotopic (exact) mass is 516 g/mol. The Bertz CT molecular complexity index is 766. The van der Waals surface area contributed by atoms with E-state index in [-0.39, 0.29) is 30.1 Å². The van der Waals surface area contributed by atoms with Gasteiger partial charge in [0.05, 0.1) is 12.2 Å². The molecule has 0 spiro atoms. The molecule has 1 N–H and O–H groups in total. The highest BCUT2D eigenvalue weighted by molar-refractivity contribution is 14.0. The zero-order valence-electron chi connectivity index (χ0n) is 16.8. The molecular formula is C20H29IN4O2S. The summed E-state index contributed by atoms with van der Waals surface area (Å²) in [5.74, 6) is 1.64. The maximum Gasteiger partial charge on any atom is 0.194 e. The fourth-order valence-corrected chi connectivity index (χ4v) is 3.34. The molecule has 1 aromatic heterocycles. The maximum atomic E-state index is 5.71. The van der Waals surface area contributed by atoms with Crippen molar-refractivity contribution >= 4 is 41.3 Å². The van der Waals surface area contributed by atoms with Gasteiger partial charge in [-0.05, 0) is 13.0 Å². The molecule has 8 heteroatoms. The summed E-state index contributed by atoms with van der Waals surface area (Å²) in [5, 5.41) is 6.43. The van der Waals surface area contributed by atoms with Gasteiger partial charge in [0, 0.05) is 38.7 Å². The lowest BCUT2D eigenvalue weighted by atomic mass is 10.2. The van der Waals surface area contributed by atoms with E-state index in [1.54, 1.807) is 31.6 Å². The first-order valence-electron chi connectivity index (χ1n) is 8.79. The summed E-state index contributed by atoms with van der Waals surface area (Å²) in [6.45, 7) is 7.46. The first-order chi connectivity index (χ1) is 13.1. The number of nitrogens with zero attached hydrogens (tertiary/aromatic N) is 3. The number of nitrogens with one attached hydrogen (secondary N) is 1. The van der Waals surface area contributed by atoms with Gasteiger partial charge >= 0.3 is 0 Å². The molecule has 1 aromatic carbocycles. The van der Waals surface area contributed by atoms with Crippen LogP contribution < -0.4 is 10.1 Å². The summed E-state index contributed by atoms with van der Waals surface area (Å²) in [6.07, 6.45) is 1.75. The van der Waals surface area contributed by atoms with Crippen LogP contribution in [0.15, 0.2) is 47.3 Å². The smallest absolute Gasteiger partial charge is 0.194 e. The number of para-hydroxylation sites is 1. The summed E-state index contributed by atoms with van der Waals surface area (Å²) >= 11 is 1.62. The first kappa shape index (κ1) is 24.4. The number of halogens is 1. The zero-order valence-corrected chi connectivity index (χ0v) is 20.0. The molecule has 1 unspecified atom stereocenters. The molecule has 0 saturated heterocycles. The Hall–Kier alpha value is -1.65. The molecule has 2 rings (SSSR count). The molecule has 0 saturated carbocycles. The fraction of sp³-hybridized carbons (Fsp3) is 0.400. The second-order valence-corrected chi connectivity index (χ2v) is 6.91. The van der Waals surface area contributed by atoms with Crippen molar-refractivity contribution in [2.24, 2.45) is 4.99 Å². The molecule has 6 nitrogen and oxygen atoms in total. The van der Waals surface area contributed by atoms with Gasteiger partial charge in [-0.15, -0.1) is 35.3 Å². The van der Waals surface area contributed by atoms with E-state index in [2.05, 4.69) is 27.3 Å². The van der Waals surface area contributed by atoms with E-state index in [1.165, 1.54) is 0 Å². The first-order valence-corrected chi connectivity index (χ1v) is 9.67. The summed E-state index contributed by atoms with van der Waals surface area (Å²) < 4.78 is 11.0. The summed E-state index contributed by atoms with van der Waals surface area (Å²) in [7, 11) is 5.47. The summed E-state index contributed by atoms with van der Waals surface area (Å²) in [4.78, 5) is 11.1. The van der Waals surface area contributed by atoms with Gasteiger partial charge < -0.3 is 19.7 Å². The quantitative estimate of drug-likeness (QED) is 0.234. The van der Waals surface area contributed by atoms with Crippen LogP contribution in [0.1, 0.15) is 29.3 Å². The number of aromatic nitrogens is 1. The van der Waals surface area contributed by atoms with E-state index in [4.69, 9.17) is 9.47 Å². The molecule has 1 atom stereocenters. The van der Waals surface area contributed by atoms with Crippen LogP contribution in [0.3, 0.4) is 0 Å². The highest BCUT2D eigenvalue weighted by Gasteiger charge is 2.13. The van der Waals surface area contributed by atoms with Gasteiger partial charge in [-0.25, -0.2) is 4.98 Å². The molecule has 0 aliphatic rings. The van der Waals surface area contributed by atoms with Gasteiger partial charge in [0.15, 0.2) is 5.96 Å². The van der Waals surface area contributed by atoms with Crippen LogP contribution in [0.5, 0.6) is 5.75 Å². The summed E-state index contributed by atoms with van der Waals surface area (Å²) in [5.41, 5.74) is 2.07. The highest BCUT2D eigenvalue weighted by Crippen LogP contribution is 2.21. The molecule has 0 fully saturated rings. The van der Waals surface area contributed by atoms with Crippen LogP contribution in [0.2, 0.25) is 0 Å². The molecular weight excluding hydrogens is 487 g/mol. The van der Waals surface area contributed by atoms with Crippen molar-refractivity contribution < 1.29 is 9.47 Å². The van der Waals surface area contributed by atoms with Crippen molar-refractivity contribution in [3.8, 4) is 5.75 Å². The number of benzene rings is 1. The largest absolute Gasteiger partial charge is 0.489 e. The number of methoxy groups -OCH3 is 1. The zero-order chi connectivity index (χ0) is 19.6. The van der Waals surface area contributed by atoms with E-state index in [1.807, 2.05) is 43.1 Å². The number of hydrogen-bond acceptors (Lipinski definition) is 5. The van der Waals surface area contributed by atoms with Gasteiger partial charge in [-0.1, -0.05) is 30.9 Å². The van der Waals surface area contributed by atoms with E-state index >= 15 is 0 Å². The molecule has 0 amide bonds. The predicted octanol–water partition coefficient (Wildman–Crippen LogP) is 4.24. The van der Waals surface area contributed by atoms with Gasteiger partial charge in [0.1, 0.15) is 23.5 Å². The Balaban J connectivity index is 0.00000392. The normalized spacial score (nSPS) is 12.1. The highest BCUT2D eigenvalue weighted by atomic mass is 127. The molecule has 1 heterocycles. The Kier molecular flexibility index (Phi) is 11.1. The van der Waals surface area contributed by atoms with E-state index in [0.717, 1.165) is 28.0 Å². The molecule has 0 bridgehead atoms. The van der Waals surface area contributed by atoms with Crippen LogP contribution in [0, 0.1) is 0 Å². The van der Waals surface area contributed by atoms with Crippen molar-refractivity contribution in [1.29, 1.82) is 0 Å². The molecule has 0 aliphatic carbocycles. The van der Waals surface area contributed by atoms with Gasteiger partial charge in [-0.2, -0.15) is 0 Å². The third kappa shape index (κ3) is 7.06. The van der Waals surface area contributed by atoms with Crippen LogP contribution in [-0.2, 0) is 17.8 Å². The van der Waals surface area contributed by atoms with Crippen molar-refractivity contribution in [3.05, 3.63) is 58.6 Å². The number of ether oxygens (including phenoxy) is 2. The van der Waals surface area contributed by atoms with Crippen molar-refractivity contribution in [3.63, 3.8) is 0 Å². The van der Waals surface area contributed by atoms with Crippen molar-refractivity contribution in [2.45, 2.75) is 26.1 Å². The van der Waals surface area contributed by atoms with E-state index < -0.39 is 0 Å². The van der Waals surface area contributed by atoms with Gasteiger partial charge in [0.2, 0.25) is 0 Å². The number of hydrogen-bond donors (Lipinski definition) is 1. The molecule has 28 heavy (non-hydrogen) atoms. The Labute approximate surface area is 188 Å². The Morgan fingerprint density at radius 3 is 2.86 bits per heavy atom. The van der Waals surface area contributed by atoms with Crippen LogP contribution in [-0.4, -0.2) is 43.7 Å². The summed E-state index contributed by atoms with van der Waals surface area (Å²) in [6, 6.07) is 7.96. The molecule has 0 radical (unpaired) electrons. The van der Waals surface area contributed by atoms with Gasteiger partial charge in [0.25, 0.3) is 0 Å². The van der Waals surface area contributed by atoms with Crippen molar-refractivity contribution in [2.75, 3.05) is 27.8 Å². The predicted molar refractivity (Wildman–Crippen MR) is 127 cm³/mol. The SMILES string of the molecule is C=CCOc1ccccc1CNC(=NC)N(C)Cc1csc(C(C)OC)n1.I. The maximum absolute atomic E-state index is 5.71. The Morgan fingerprint density at radius 2 is 2.18 bits per heavy atom. The average molecular weight is 516 g/mol. The van der Waals surface area contributed by atoms with E-state index in [0.29, 0.717) is 19.7 Å². The number of aliphatic imine (C=N–C) groups is 1. The third-order valence-corrected chi connectivity index (χ3v) is 5.06. The average Bonchev–Trinajstić information content (AvgIpc) is 3.15. The lowest BCUT2D eigenvalue weighted by Crippen LogP contribution is -2.38. The topological polar surface area (TPSA) is 59.0 Å². The van der Waals surface area contributed by atoms with E-state index in [9.17, 15) is 0 Å². The fourth-order valence-electron chi connectivity index (χ4n) is 2.50.